The monoisotopic (exact) mass is 156 g/mol. The van der Waals surface area contributed by atoms with Gasteiger partial charge in [-0.25, -0.2) is 0 Å². The van der Waals surface area contributed by atoms with Crippen LogP contribution in [0.5, 0.6) is 0 Å². The first kappa shape index (κ1) is 9.01. The summed E-state index contributed by atoms with van der Waals surface area (Å²) in [5.41, 5.74) is -0.0926. The zero-order valence-corrected chi connectivity index (χ0v) is 7.04. The van der Waals surface area contributed by atoms with E-state index in [1.807, 2.05) is 6.55 Å². The standard InChI is InChI=1S/C5H11F3Si/c1-4(9-2)3-5(6,7)8/h4H,3,9H2,1-2H3. The van der Waals surface area contributed by atoms with Gasteiger partial charge in [-0.05, 0) is 5.54 Å². The molecule has 0 aromatic rings. The maximum atomic E-state index is 11.5. The van der Waals surface area contributed by atoms with Gasteiger partial charge < -0.3 is 0 Å². The van der Waals surface area contributed by atoms with Crippen molar-refractivity contribution in [1.29, 1.82) is 0 Å². The molecular weight excluding hydrogens is 145 g/mol. The van der Waals surface area contributed by atoms with Crippen LogP contribution in [0.25, 0.3) is 0 Å². The molecule has 0 aliphatic carbocycles. The van der Waals surface area contributed by atoms with Crippen molar-refractivity contribution in [2.24, 2.45) is 0 Å². The first-order valence-corrected chi connectivity index (χ1v) is 5.25. The Morgan fingerprint density at radius 1 is 1.44 bits per heavy atom. The fraction of sp³-hybridized carbons (Fsp3) is 1.00. The minimum absolute atomic E-state index is 0.0926. The van der Waals surface area contributed by atoms with Crippen LogP contribution < -0.4 is 0 Å². The molecule has 0 aromatic heterocycles. The van der Waals surface area contributed by atoms with Gasteiger partial charge in [0.2, 0.25) is 0 Å². The zero-order chi connectivity index (χ0) is 7.49. The van der Waals surface area contributed by atoms with E-state index in [0.29, 0.717) is 0 Å². The molecule has 0 radical (unpaired) electrons. The summed E-state index contributed by atoms with van der Waals surface area (Å²) < 4.78 is 34.5. The van der Waals surface area contributed by atoms with E-state index < -0.39 is 22.1 Å². The van der Waals surface area contributed by atoms with E-state index in [1.54, 1.807) is 6.92 Å². The Balaban J connectivity index is 3.47. The molecule has 0 saturated carbocycles. The molecule has 0 nitrogen and oxygen atoms in total. The van der Waals surface area contributed by atoms with Crippen molar-refractivity contribution in [3.8, 4) is 0 Å². The van der Waals surface area contributed by atoms with Crippen molar-refractivity contribution in [2.45, 2.75) is 31.6 Å². The van der Waals surface area contributed by atoms with Gasteiger partial charge in [-0.2, -0.15) is 13.2 Å². The minimum atomic E-state index is -3.94. The van der Waals surface area contributed by atoms with Gasteiger partial charge in [-0.3, -0.25) is 0 Å². The van der Waals surface area contributed by atoms with Crippen molar-refractivity contribution >= 4 is 9.52 Å². The highest BCUT2D eigenvalue weighted by Gasteiger charge is 2.28. The van der Waals surface area contributed by atoms with Gasteiger partial charge in [0.1, 0.15) is 0 Å². The lowest BCUT2D eigenvalue weighted by atomic mass is 10.3. The largest absolute Gasteiger partial charge is 0.389 e. The van der Waals surface area contributed by atoms with E-state index in [4.69, 9.17) is 0 Å². The van der Waals surface area contributed by atoms with E-state index in [-0.39, 0.29) is 5.54 Å². The minimum Gasteiger partial charge on any atom is -0.171 e. The van der Waals surface area contributed by atoms with Crippen molar-refractivity contribution in [3.63, 3.8) is 0 Å². The number of alkyl halides is 3. The maximum absolute atomic E-state index is 11.5. The third-order valence-electron chi connectivity index (χ3n) is 1.28. The molecule has 0 saturated heterocycles. The van der Waals surface area contributed by atoms with Crippen LogP contribution >= 0.6 is 0 Å². The molecular formula is C5H11F3Si. The summed E-state index contributed by atoms with van der Waals surface area (Å²) in [7, 11) is -0.461. The van der Waals surface area contributed by atoms with Crippen molar-refractivity contribution in [3.05, 3.63) is 0 Å². The van der Waals surface area contributed by atoms with E-state index in [2.05, 4.69) is 0 Å². The molecule has 0 spiro atoms. The lowest BCUT2D eigenvalue weighted by Gasteiger charge is -2.10. The maximum Gasteiger partial charge on any atom is 0.389 e. The average Bonchev–Trinajstić information content (AvgIpc) is 1.62. The van der Waals surface area contributed by atoms with Gasteiger partial charge >= 0.3 is 6.18 Å². The Morgan fingerprint density at radius 2 is 1.89 bits per heavy atom. The van der Waals surface area contributed by atoms with Gasteiger partial charge in [0.15, 0.2) is 0 Å². The molecule has 0 heterocycles. The Labute approximate surface area is 55.3 Å². The smallest absolute Gasteiger partial charge is 0.171 e. The SMILES string of the molecule is C[SiH2]C(C)CC(F)(F)F. The molecule has 0 aliphatic rings. The zero-order valence-electron chi connectivity index (χ0n) is 5.63. The van der Waals surface area contributed by atoms with Crippen LogP contribution in [0, 0.1) is 0 Å². The number of rotatable bonds is 2. The van der Waals surface area contributed by atoms with Crippen molar-refractivity contribution < 1.29 is 13.2 Å². The van der Waals surface area contributed by atoms with Crippen LogP contribution in [0.3, 0.4) is 0 Å². The molecule has 0 rings (SSSR count). The second-order valence-electron chi connectivity index (χ2n) is 2.33. The quantitative estimate of drug-likeness (QED) is 0.536. The second-order valence-corrected chi connectivity index (χ2v) is 4.54. The summed E-state index contributed by atoms with van der Waals surface area (Å²) in [6.45, 7) is 3.57. The number of hydrogen-bond donors (Lipinski definition) is 0. The molecule has 0 fully saturated rings. The Morgan fingerprint density at radius 3 is 2.00 bits per heavy atom. The summed E-state index contributed by atoms with van der Waals surface area (Å²) in [5, 5.41) is 0. The lowest BCUT2D eigenvalue weighted by molar-refractivity contribution is -0.134. The van der Waals surface area contributed by atoms with Crippen molar-refractivity contribution in [2.75, 3.05) is 0 Å². The van der Waals surface area contributed by atoms with E-state index >= 15 is 0 Å². The van der Waals surface area contributed by atoms with Crippen LogP contribution in [0.4, 0.5) is 13.2 Å². The van der Waals surface area contributed by atoms with E-state index in [0.717, 1.165) is 0 Å². The Hall–Kier alpha value is 0.00688. The molecule has 56 valence electrons. The van der Waals surface area contributed by atoms with Gasteiger partial charge in [-0.1, -0.05) is 13.5 Å². The van der Waals surface area contributed by atoms with Crippen LogP contribution in [0.15, 0.2) is 0 Å². The highest BCUT2D eigenvalue weighted by Crippen LogP contribution is 2.26. The van der Waals surface area contributed by atoms with Crippen LogP contribution in [-0.4, -0.2) is 15.7 Å². The van der Waals surface area contributed by atoms with Gasteiger partial charge in [0, 0.05) is 15.9 Å². The molecule has 0 bridgehead atoms. The van der Waals surface area contributed by atoms with Gasteiger partial charge in [-0.15, -0.1) is 0 Å². The summed E-state index contributed by atoms with van der Waals surface area (Å²) >= 11 is 0. The third kappa shape index (κ3) is 5.88. The second kappa shape index (κ2) is 3.24. The molecule has 4 heteroatoms. The fourth-order valence-corrected chi connectivity index (χ4v) is 1.16. The number of halogens is 3. The molecule has 9 heavy (non-hydrogen) atoms. The lowest BCUT2D eigenvalue weighted by Crippen LogP contribution is -2.12. The highest BCUT2D eigenvalue weighted by atomic mass is 28.2. The van der Waals surface area contributed by atoms with Gasteiger partial charge in [0.05, 0.1) is 0 Å². The normalized spacial score (nSPS) is 17.0. The Kier molecular flexibility index (Phi) is 3.25. The molecule has 0 N–H and O–H groups in total. The predicted octanol–water partition coefficient (Wildman–Crippen LogP) is 1.96. The molecule has 0 amide bonds. The molecule has 1 unspecified atom stereocenters. The summed E-state index contributed by atoms with van der Waals surface area (Å²) in [5.74, 6) is 0. The van der Waals surface area contributed by atoms with Gasteiger partial charge in [0.25, 0.3) is 0 Å². The third-order valence-corrected chi connectivity index (χ3v) is 2.96. The molecule has 0 aromatic carbocycles. The van der Waals surface area contributed by atoms with Crippen LogP contribution in [-0.2, 0) is 0 Å². The summed E-state index contributed by atoms with van der Waals surface area (Å²) in [6.07, 6.45) is -4.53. The first-order chi connectivity index (χ1) is 3.95. The molecule has 1 atom stereocenters. The number of hydrogen-bond acceptors (Lipinski definition) is 0. The summed E-state index contributed by atoms with van der Waals surface area (Å²) in [4.78, 5) is 0. The van der Waals surface area contributed by atoms with E-state index in [9.17, 15) is 13.2 Å². The summed E-state index contributed by atoms with van der Waals surface area (Å²) in [6, 6.07) is 0. The Bertz CT molecular complexity index is 78.8. The topological polar surface area (TPSA) is 0 Å². The van der Waals surface area contributed by atoms with Crippen LogP contribution in [0.1, 0.15) is 13.3 Å². The highest BCUT2D eigenvalue weighted by molar-refractivity contribution is 6.35. The van der Waals surface area contributed by atoms with Crippen molar-refractivity contribution in [1.82, 2.24) is 0 Å². The predicted molar refractivity (Wildman–Crippen MR) is 34.5 cm³/mol. The molecule has 0 aliphatic heterocycles. The van der Waals surface area contributed by atoms with Crippen LogP contribution in [0.2, 0.25) is 12.1 Å². The fourth-order valence-electron chi connectivity index (χ4n) is 0.539. The van der Waals surface area contributed by atoms with E-state index in [1.165, 1.54) is 0 Å². The first-order valence-electron chi connectivity index (χ1n) is 3.02. The average molecular weight is 156 g/mol.